The fraction of sp³-hybridized carbons (Fsp3) is 0.933. The van der Waals surface area contributed by atoms with E-state index in [1.54, 1.807) is 0 Å². The highest BCUT2D eigenvalue weighted by atomic mass is 16.6. The van der Waals surface area contributed by atoms with Gasteiger partial charge in [0.15, 0.2) is 0 Å². The number of rotatable bonds is 6. The third-order valence-corrected chi connectivity index (χ3v) is 4.05. The molecule has 2 saturated heterocycles. The van der Waals surface area contributed by atoms with Crippen LogP contribution in [0.2, 0.25) is 0 Å². The quantitative estimate of drug-likeness (QED) is 0.800. The van der Waals surface area contributed by atoms with E-state index < -0.39 is 0 Å². The Bertz CT molecular complexity index is 316. The minimum Gasteiger partial charge on any atom is -0.376 e. The monoisotopic (exact) mass is 284 g/mol. The fourth-order valence-corrected chi connectivity index (χ4v) is 2.94. The Morgan fingerprint density at radius 1 is 1.40 bits per heavy atom. The van der Waals surface area contributed by atoms with Gasteiger partial charge in [-0.15, -0.1) is 0 Å². The van der Waals surface area contributed by atoms with Gasteiger partial charge in [-0.25, -0.2) is 0 Å². The molecular formula is C15H28N2O3. The van der Waals surface area contributed by atoms with Crippen molar-refractivity contribution in [1.29, 1.82) is 0 Å². The van der Waals surface area contributed by atoms with Crippen LogP contribution in [0.5, 0.6) is 0 Å². The molecule has 2 fully saturated rings. The average Bonchev–Trinajstić information content (AvgIpc) is 2.75. The maximum atomic E-state index is 12.6. The zero-order valence-electron chi connectivity index (χ0n) is 12.9. The number of nitrogens with zero attached hydrogens (tertiary/aromatic N) is 1. The summed E-state index contributed by atoms with van der Waals surface area (Å²) in [6.07, 6.45) is 3.27. The molecule has 0 aromatic heterocycles. The van der Waals surface area contributed by atoms with E-state index in [4.69, 9.17) is 9.47 Å². The van der Waals surface area contributed by atoms with Crippen molar-refractivity contribution >= 4 is 5.91 Å². The van der Waals surface area contributed by atoms with E-state index in [2.05, 4.69) is 26.1 Å². The number of hydrogen-bond donors (Lipinski definition) is 1. The zero-order valence-corrected chi connectivity index (χ0v) is 12.9. The zero-order chi connectivity index (χ0) is 14.5. The van der Waals surface area contributed by atoms with Gasteiger partial charge in [0.05, 0.1) is 44.7 Å². The standard InChI is InChI=1S/C15H28N2O3/c1-4-5-6-13-15(18)17(14(16-13)11(2)3)9-12-10-19-7-8-20-12/h11-14,16H,4-10H2,1-3H3. The van der Waals surface area contributed by atoms with E-state index in [0.717, 1.165) is 19.3 Å². The van der Waals surface area contributed by atoms with E-state index in [-0.39, 0.29) is 24.2 Å². The topological polar surface area (TPSA) is 50.8 Å². The van der Waals surface area contributed by atoms with Gasteiger partial charge < -0.3 is 14.4 Å². The Kier molecular flexibility index (Phi) is 5.81. The Labute approximate surface area is 122 Å². The Hall–Kier alpha value is -0.650. The van der Waals surface area contributed by atoms with Crippen molar-refractivity contribution < 1.29 is 14.3 Å². The van der Waals surface area contributed by atoms with Gasteiger partial charge in [0.25, 0.3) is 0 Å². The van der Waals surface area contributed by atoms with Gasteiger partial charge in [0.1, 0.15) is 0 Å². The fourth-order valence-electron chi connectivity index (χ4n) is 2.94. The Morgan fingerprint density at radius 2 is 2.20 bits per heavy atom. The second-order valence-corrected chi connectivity index (χ2v) is 6.11. The van der Waals surface area contributed by atoms with Gasteiger partial charge in [0.2, 0.25) is 5.91 Å². The number of carbonyl (C=O) groups excluding carboxylic acids is 1. The Balaban J connectivity index is 1.97. The molecule has 2 aliphatic heterocycles. The highest BCUT2D eigenvalue weighted by Gasteiger charge is 2.40. The van der Waals surface area contributed by atoms with Crippen LogP contribution in [-0.4, -0.2) is 55.5 Å². The molecule has 1 amide bonds. The van der Waals surface area contributed by atoms with Crippen LogP contribution in [0.15, 0.2) is 0 Å². The van der Waals surface area contributed by atoms with Crippen LogP contribution in [0.3, 0.4) is 0 Å². The summed E-state index contributed by atoms with van der Waals surface area (Å²) < 4.78 is 11.1. The lowest BCUT2D eigenvalue weighted by atomic mass is 10.1. The molecule has 0 bridgehead atoms. The molecule has 2 heterocycles. The molecule has 0 aromatic carbocycles. The van der Waals surface area contributed by atoms with Crippen molar-refractivity contribution in [1.82, 2.24) is 10.2 Å². The van der Waals surface area contributed by atoms with Gasteiger partial charge in [-0.3, -0.25) is 10.1 Å². The molecule has 0 saturated carbocycles. The smallest absolute Gasteiger partial charge is 0.241 e. The molecule has 1 N–H and O–H groups in total. The molecule has 5 heteroatoms. The molecular weight excluding hydrogens is 256 g/mol. The first-order valence-corrected chi connectivity index (χ1v) is 7.89. The van der Waals surface area contributed by atoms with Crippen molar-refractivity contribution in [3.63, 3.8) is 0 Å². The second kappa shape index (κ2) is 7.38. The molecule has 5 nitrogen and oxygen atoms in total. The van der Waals surface area contributed by atoms with Crippen molar-refractivity contribution in [2.45, 2.75) is 58.3 Å². The molecule has 116 valence electrons. The van der Waals surface area contributed by atoms with Crippen LogP contribution in [-0.2, 0) is 14.3 Å². The SMILES string of the molecule is CCCCC1NC(C(C)C)N(CC2COCCO2)C1=O. The number of carbonyl (C=O) groups is 1. The summed E-state index contributed by atoms with van der Waals surface area (Å²) in [6.45, 7) is 8.98. The number of nitrogens with one attached hydrogen (secondary N) is 1. The van der Waals surface area contributed by atoms with Crippen LogP contribution < -0.4 is 5.32 Å². The first-order valence-electron chi connectivity index (χ1n) is 7.89. The Morgan fingerprint density at radius 3 is 2.80 bits per heavy atom. The van der Waals surface area contributed by atoms with Gasteiger partial charge in [-0.2, -0.15) is 0 Å². The lowest BCUT2D eigenvalue weighted by Crippen LogP contribution is -2.47. The lowest BCUT2D eigenvalue weighted by Gasteiger charge is -2.32. The number of ether oxygens (including phenoxy) is 2. The molecule has 3 unspecified atom stereocenters. The molecule has 0 aromatic rings. The first kappa shape index (κ1) is 15.7. The second-order valence-electron chi connectivity index (χ2n) is 6.11. The van der Waals surface area contributed by atoms with Crippen LogP contribution >= 0.6 is 0 Å². The number of hydrogen-bond acceptors (Lipinski definition) is 4. The minimum atomic E-state index is -0.0214. The summed E-state index contributed by atoms with van der Waals surface area (Å²) >= 11 is 0. The van der Waals surface area contributed by atoms with E-state index in [0.29, 0.717) is 32.3 Å². The number of amides is 1. The molecule has 0 aliphatic carbocycles. The maximum absolute atomic E-state index is 12.6. The highest BCUT2D eigenvalue weighted by Crippen LogP contribution is 2.21. The number of unbranched alkanes of at least 4 members (excludes halogenated alkanes) is 1. The van der Waals surface area contributed by atoms with E-state index in [9.17, 15) is 4.79 Å². The van der Waals surface area contributed by atoms with Gasteiger partial charge in [-0.1, -0.05) is 33.6 Å². The molecule has 2 rings (SSSR count). The minimum absolute atomic E-state index is 0.0145. The van der Waals surface area contributed by atoms with Crippen LogP contribution in [0.4, 0.5) is 0 Å². The van der Waals surface area contributed by atoms with Gasteiger partial charge in [0, 0.05) is 0 Å². The van der Waals surface area contributed by atoms with Gasteiger partial charge >= 0.3 is 0 Å². The van der Waals surface area contributed by atoms with Crippen molar-refractivity contribution in [3.8, 4) is 0 Å². The summed E-state index contributed by atoms with van der Waals surface area (Å²) in [6, 6.07) is -0.0214. The largest absolute Gasteiger partial charge is 0.376 e. The van der Waals surface area contributed by atoms with Gasteiger partial charge in [-0.05, 0) is 12.3 Å². The molecule has 2 aliphatic rings. The molecule has 0 spiro atoms. The summed E-state index contributed by atoms with van der Waals surface area (Å²) in [5, 5.41) is 3.49. The molecule has 20 heavy (non-hydrogen) atoms. The molecule has 3 atom stereocenters. The van der Waals surface area contributed by atoms with Crippen LogP contribution in [0.25, 0.3) is 0 Å². The maximum Gasteiger partial charge on any atom is 0.241 e. The van der Waals surface area contributed by atoms with Crippen molar-refractivity contribution in [3.05, 3.63) is 0 Å². The first-order chi connectivity index (χ1) is 9.63. The predicted molar refractivity (Wildman–Crippen MR) is 77.3 cm³/mol. The van der Waals surface area contributed by atoms with Crippen LogP contribution in [0, 0.1) is 5.92 Å². The van der Waals surface area contributed by atoms with Crippen molar-refractivity contribution in [2.24, 2.45) is 5.92 Å². The third-order valence-electron chi connectivity index (χ3n) is 4.05. The van der Waals surface area contributed by atoms with Crippen LogP contribution in [0.1, 0.15) is 40.0 Å². The summed E-state index contributed by atoms with van der Waals surface area (Å²) in [5.74, 6) is 0.626. The summed E-state index contributed by atoms with van der Waals surface area (Å²) in [5.41, 5.74) is 0. The average molecular weight is 284 g/mol. The lowest BCUT2D eigenvalue weighted by molar-refractivity contribution is -0.138. The molecule has 0 radical (unpaired) electrons. The summed E-state index contributed by atoms with van der Waals surface area (Å²) in [7, 11) is 0. The predicted octanol–water partition coefficient (Wildman–Crippen LogP) is 1.37. The third kappa shape index (κ3) is 3.71. The van der Waals surface area contributed by atoms with E-state index >= 15 is 0 Å². The summed E-state index contributed by atoms with van der Waals surface area (Å²) in [4.78, 5) is 14.5. The highest BCUT2D eigenvalue weighted by molar-refractivity contribution is 5.84. The van der Waals surface area contributed by atoms with E-state index in [1.165, 1.54) is 0 Å². The van der Waals surface area contributed by atoms with E-state index in [1.807, 2.05) is 4.90 Å². The normalized spacial score (nSPS) is 31.3. The van der Waals surface area contributed by atoms with Crippen molar-refractivity contribution in [2.75, 3.05) is 26.4 Å².